The number of hydrogen-bond acceptors (Lipinski definition) is 0. The first kappa shape index (κ1) is 35.6. The van der Waals surface area contributed by atoms with Crippen LogP contribution in [0.2, 0.25) is 0 Å². The Balaban J connectivity index is 1.12. The van der Waals surface area contributed by atoms with E-state index in [0.717, 1.165) is 0 Å². The molecule has 288 valence electrons. The molecule has 0 aromatic heterocycles. The van der Waals surface area contributed by atoms with Gasteiger partial charge in [0.1, 0.15) is 0 Å². The molecule has 61 heavy (non-hydrogen) atoms. The standard InChI is InChI=1S/C61H44/c1-61(2)55-38-37-41-20-7-9-23-46(41)59(55)54-32-16-31-53(60(54)61)58-45(40-17-4-3-5-18-40)28-15-30-52(58)57(49-29-14-21-39-19-6-8-22-44(39)49)43-35-33-42(34-36-43)56-50-26-12-10-24-47(50)48-25-11-13-27-51(48)56/h3-38,56-57H,1-2H3. The van der Waals surface area contributed by atoms with Gasteiger partial charge >= 0.3 is 0 Å². The molecule has 0 bridgehead atoms. The lowest BCUT2D eigenvalue weighted by Crippen LogP contribution is -2.17. The minimum absolute atomic E-state index is 0.0504. The van der Waals surface area contributed by atoms with Crippen molar-refractivity contribution in [1.82, 2.24) is 0 Å². The van der Waals surface area contributed by atoms with E-state index in [-0.39, 0.29) is 17.3 Å². The van der Waals surface area contributed by atoms with Crippen LogP contribution in [0.1, 0.15) is 70.2 Å². The predicted octanol–water partition coefficient (Wildman–Crippen LogP) is 16.0. The van der Waals surface area contributed by atoms with Crippen molar-refractivity contribution in [3.63, 3.8) is 0 Å². The van der Waals surface area contributed by atoms with E-state index in [0.29, 0.717) is 0 Å². The van der Waals surface area contributed by atoms with Crippen molar-refractivity contribution in [1.29, 1.82) is 0 Å². The Morgan fingerprint density at radius 3 is 1.64 bits per heavy atom. The molecule has 2 aliphatic carbocycles. The van der Waals surface area contributed by atoms with Crippen molar-refractivity contribution < 1.29 is 0 Å². The second-order valence-corrected chi connectivity index (χ2v) is 17.5. The molecule has 0 saturated heterocycles. The van der Waals surface area contributed by atoms with Gasteiger partial charge in [-0.1, -0.05) is 232 Å². The topological polar surface area (TPSA) is 0 Å². The smallest absolute Gasteiger partial charge is 0.0352 e. The van der Waals surface area contributed by atoms with E-state index in [1.165, 1.54) is 111 Å². The molecule has 0 spiro atoms. The van der Waals surface area contributed by atoms with Crippen LogP contribution in [0.5, 0.6) is 0 Å². The van der Waals surface area contributed by atoms with E-state index in [4.69, 9.17) is 0 Å². The Morgan fingerprint density at radius 1 is 0.377 bits per heavy atom. The van der Waals surface area contributed by atoms with E-state index >= 15 is 0 Å². The highest BCUT2D eigenvalue weighted by Gasteiger charge is 2.40. The summed E-state index contributed by atoms with van der Waals surface area (Å²) in [6, 6.07) is 82.1. The van der Waals surface area contributed by atoms with Crippen molar-refractivity contribution in [2.24, 2.45) is 0 Å². The van der Waals surface area contributed by atoms with Gasteiger partial charge in [0.25, 0.3) is 0 Å². The maximum Gasteiger partial charge on any atom is 0.0352 e. The average Bonchev–Trinajstić information content (AvgIpc) is 3.78. The molecule has 10 aromatic carbocycles. The number of fused-ring (bicyclic) bond motifs is 9. The van der Waals surface area contributed by atoms with Gasteiger partial charge in [-0.3, -0.25) is 0 Å². The van der Waals surface area contributed by atoms with Gasteiger partial charge in [-0.2, -0.15) is 0 Å². The average molecular weight is 777 g/mol. The Kier molecular flexibility index (Phi) is 8.12. The minimum atomic E-state index is -0.225. The van der Waals surface area contributed by atoms with Gasteiger partial charge < -0.3 is 0 Å². The second-order valence-electron chi connectivity index (χ2n) is 17.5. The lowest BCUT2D eigenvalue weighted by molar-refractivity contribution is 0.662. The third kappa shape index (κ3) is 5.45. The zero-order valence-corrected chi connectivity index (χ0v) is 34.4. The maximum absolute atomic E-state index is 2.43. The van der Waals surface area contributed by atoms with Crippen molar-refractivity contribution >= 4 is 21.5 Å². The van der Waals surface area contributed by atoms with Crippen LogP contribution in [0.3, 0.4) is 0 Å². The lowest BCUT2D eigenvalue weighted by Gasteiger charge is -2.29. The Bertz CT molecular complexity index is 3280. The van der Waals surface area contributed by atoms with Gasteiger partial charge in [-0.25, -0.2) is 0 Å². The molecular weight excluding hydrogens is 733 g/mol. The summed E-state index contributed by atoms with van der Waals surface area (Å²) in [5.41, 5.74) is 21.0. The van der Waals surface area contributed by atoms with Crippen LogP contribution < -0.4 is 0 Å². The van der Waals surface area contributed by atoms with Gasteiger partial charge in [-0.05, 0) is 111 Å². The molecule has 0 saturated carbocycles. The van der Waals surface area contributed by atoms with Crippen LogP contribution in [0.4, 0.5) is 0 Å². The largest absolute Gasteiger partial charge is 0.0622 e. The molecule has 0 N–H and O–H groups in total. The number of hydrogen-bond donors (Lipinski definition) is 0. The highest BCUT2D eigenvalue weighted by molar-refractivity contribution is 6.05. The molecule has 0 heteroatoms. The Morgan fingerprint density at radius 2 is 0.902 bits per heavy atom. The quantitative estimate of drug-likeness (QED) is 0.148. The summed E-state index contributed by atoms with van der Waals surface area (Å²) in [6.07, 6.45) is 0. The highest BCUT2D eigenvalue weighted by atomic mass is 14.4. The van der Waals surface area contributed by atoms with Crippen LogP contribution in [-0.2, 0) is 5.41 Å². The monoisotopic (exact) mass is 776 g/mol. The minimum Gasteiger partial charge on any atom is -0.0622 e. The molecule has 0 radical (unpaired) electrons. The highest BCUT2D eigenvalue weighted by Crippen LogP contribution is 2.57. The first-order valence-electron chi connectivity index (χ1n) is 21.7. The maximum atomic E-state index is 2.43. The third-order valence-electron chi connectivity index (χ3n) is 13.9. The van der Waals surface area contributed by atoms with Gasteiger partial charge in [0, 0.05) is 17.3 Å². The van der Waals surface area contributed by atoms with E-state index in [2.05, 4.69) is 232 Å². The van der Waals surface area contributed by atoms with Crippen molar-refractivity contribution in [2.45, 2.75) is 31.1 Å². The van der Waals surface area contributed by atoms with E-state index in [1.807, 2.05) is 0 Å². The first-order chi connectivity index (χ1) is 30.1. The Labute approximate surface area is 358 Å². The second kappa shape index (κ2) is 13.9. The summed E-state index contributed by atoms with van der Waals surface area (Å²) in [7, 11) is 0. The molecule has 0 aliphatic heterocycles. The van der Waals surface area contributed by atoms with E-state index in [1.54, 1.807) is 0 Å². The summed E-state index contributed by atoms with van der Waals surface area (Å²) in [5, 5.41) is 5.14. The van der Waals surface area contributed by atoms with Crippen molar-refractivity contribution in [3.8, 4) is 44.5 Å². The summed E-state index contributed by atoms with van der Waals surface area (Å²) in [5.74, 6) is 0.145. The van der Waals surface area contributed by atoms with Crippen LogP contribution in [0.25, 0.3) is 66.1 Å². The molecule has 1 atom stereocenters. The summed E-state index contributed by atoms with van der Waals surface area (Å²) < 4.78 is 0. The molecular formula is C61H44. The SMILES string of the molecule is CC1(C)c2ccc3ccccc3c2-c2cccc(-c3c(-c4ccccc4)cccc3C(c3ccc(C4c5ccccc5-c5ccccc54)cc3)c3cccc4ccccc34)c21. The molecule has 1 unspecified atom stereocenters. The van der Waals surface area contributed by atoms with Crippen LogP contribution in [-0.4, -0.2) is 0 Å². The zero-order valence-electron chi connectivity index (χ0n) is 34.4. The summed E-state index contributed by atoms with van der Waals surface area (Å²) in [4.78, 5) is 0. The van der Waals surface area contributed by atoms with Gasteiger partial charge in [0.05, 0.1) is 0 Å². The molecule has 10 aromatic rings. The van der Waals surface area contributed by atoms with Crippen molar-refractivity contribution in [3.05, 3.63) is 263 Å². The van der Waals surface area contributed by atoms with Crippen LogP contribution in [0, 0.1) is 0 Å². The normalized spacial score (nSPS) is 14.1. The molecule has 0 heterocycles. The number of benzene rings is 10. The van der Waals surface area contributed by atoms with Gasteiger partial charge in [0.15, 0.2) is 0 Å². The van der Waals surface area contributed by atoms with Gasteiger partial charge in [-0.15, -0.1) is 0 Å². The van der Waals surface area contributed by atoms with E-state index < -0.39 is 0 Å². The van der Waals surface area contributed by atoms with Crippen molar-refractivity contribution in [2.75, 3.05) is 0 Å². The van der Waals surface area contributed by atoms with Crippen LogP contribution >= 0.6 is 0 Å². The predicted molar refractivity (Wildman–Crippen MR) is 257 cm³/mol. The molecule has 12 rings (SSSR count). The summed E-state index contributed by atoms with van der Waals surface area (Å²) in [6.45, 7) is 4.86. The van der Waals surface area contributed by atoms with Crippen LogP contribution in [0.15, 0.2) is 218 Å². The number of rotatable bonds is 6. The molecule has 0 fully saturated rings. The zero-order chi connectivity index (χ0) is 40.7. The van der Waals surface area contributed by atoms with Gasteiger partial charge in [0.2, 0.25) is 0 Å². The summed E-state index contributed by atoms with van der Waals surface area (Å²) >= 11 is 0. The lowest BCUT2D eigenvalue weighted by atomic mass is 9.73. The fourth-order valence-electron chi connectivity index (χ4n) is 11.3. The third-order valence-corrected chi connectivity index (χ3v) is 13.9. The molecule has 0 nitrogen and oxygen atoms in total. The Hall–Kier alpha value is -7.28. The van der Waals surface area contributed by atoms with E-state index in [9.17, 15) is 0 Å². The first-order valence-corrected chi connectivity index (χ1v) is 21.7. The molecule has 0 amide bonds. The fraction of sp³-hybridized carbons (Fsp3) is 0.0820. The molecule has 2 aliphatic rings. The fourth-order valence-corrected chi connectivity index (χ4v) is 11.3.